The zero-order valence-electron chi connectivity index (χ0n) is 17.7. The van der Waals surface area contributed by atoms with Crippen LogP contribution in [0.5, 0.6) is 0 Å². The lowest BCUT2D eigenvalue weighted by Crippen LogP contribution is -2.47. The van der Waals surface area contributed by atoms with Gasteiger partial charge >= 0.3 is 0 Å². The minimum atomic E-state index is -3.54. The molecule has 1 aliphatic rings. The topological polar surface area (TPSA) is 77.0 Å². The maximum atomic E-state index is 13.2. The van der Waals surface area contributed by atoms with Crippen LogP contribution in [0.1, 0.15) is 11.1 Å². The van der Waals surface area contributed by atoms with Gasteiger partial charge < -0.3 is 15.5 Å². The largest absolute Gasteiger partial charge is 0.352 e. The van der Waals surface area contributed by atoms with Crippen molar-refractivity contribution in [2.24, 2.45) is 4.99 Å². The predicted molar refractivity (Wildman–Crippen MR) is 137 cm³/mol. The Morgan fingerprint density at radius 3 is 2.13 bits per heavy atom. The van der Waals surface area contributed by atoms with Crippen molar-refractivity contribution in [2.45, 2.75) is 18.0 Å². The van der Waals surface area contributed by atoms with Gasteiger partial charge in [0.05, 0.1) is 4.90 Å². The van der Waals surface area contributed by atoms with Crippen LogP contribution in [-0.2, 0) is 23.1 Å². The summed E-state index contributed by atoms with van der Waals surface area (Å²) in [7, 11) is 0.136. The zero-order valence-corrected chi connectivity index (χ0v) is 21.6. The number of halogens is 2. The van der Waals surface area contributed by atoms with Gasteiger partial charge in [-0.15, -0.1) is 24.0 Å². The zero-order chi connectivity index (χ0) is 21.6. The Kier molecular flexibility index (Phi) is 10.0. The van der Waals surface area contributed by atoms with E-state index in [0.29, 0.717) is 47.6 Å². The summed E-state index contributed by atoms with van der Waals surface area (Å²) in [6.45, 7) is 3.33. The third-order valence-electron chi connectivity index (χ3n) is 5.13. The van der Waals surface area contributed by atoms with Crippen molar-refractivity contribution in [1.29, 1.82) is 0 Å². The standard InChI is InChI=1S/C21H28ClN5O2S.HI/c1-23-21(24-15-17-7-3-5-9-19(17)22)25-16-18-8-4-6-10-20(18)30(28,29)27-13-11-26(2)12-14-27;/h3-10H,11-16H2,1-2H3,(H2,23,24,25);1H. The first-order valence-corrected chi connectivity index (χ1v) is 11.7. The molecule has 0 atom stereocenters. The van der Waals surface area contributed by atoms with E-state index in [0.717, 1.165) is 18.7 Å². The number of nitrogens with zero attached hydrogens (tertiary/aromatic N) is 3. The Hall–Kier alpha value is -1.40. The molecule has 0 radical (unpaired) electrons. The number of guanidine groups is 1. The summed E-state index contributed by atoms with van der Waals surface area (Å²) < 4.78 is 28.0. The van der Waals surface area contributed by atoms with Crippen molar-refractivity contribution in [3.05, 3.63) is 64.7 Å². The number of likely N-dealkylation sites (N-methyl/N-ethyl adjacent to an activating group) is 1. The summed E-state index contributed by atoms with van der Waals surface area (Å²) in [6.07, 6.45) is 0. The molecule has 0 amide bonds. The fraction of sp³-hybridized carbons (Fsp3) is 0.381. The molecule has 3 rings (SSSR count). The SMILES string of the molecule is CN=C(NCc1ccccc1Cl)NCc1ccccc1S(=O)(=O)N1CCN(C)CC1.I. The minimum absolute atomic E-state index is 0. The Morgan fingerprint density at radius 1 is 0.968 bits per heavy atom. The first-order valence-electron chi connectivity index (χ1n) is 9.86. The Balaban J connectivity index is 0.00000341. The fourth-order valence-corrected chi connectivity index (χ4v) is 5.14. The number of nitrogens with one attached hydrogen (secondary N) is 2. The summed E-state index contributed by atoms with van der Waals surface area (Å²) in [5, 5.41) is 7.10. The molecule has 0 saturated carbocycles. The quantitative estimate of drug-likeness (QED) is 0.314. The molecule has 170 valence electrons. The van der Waals surface area contributed by atoms with Crippen molar-refractivity contribution in [3.63, 3.8) is 0 Å². The van der Waals surface area contributed by atoms with Crippen LogP contribution in [0.4, 0.5) is 0 Å². The first kappa shape index (κ1) is 25.9. The number of piperazine rings is 1. The van der Waals surface area contributed by atoms with E-state index < -0.39 is 10.0 Å². The molecule has 10 heteroatoms. The highest BCUT2D eigenvalue weighted by atomic mass is 127. The minimum Gasteiger partial charge on any atom is -0.352 e. The molecular formula is C21H29ClIN5O2S. The number of rotatable bonds is 6. The molecule has 2 aromatic rings. The lowest BCUT2D eigenvalue weighted by molar-refractivity contribution is 0.222. The predicted octanol–water partition coefficient (Wildman–Crippen LogP) is 2.76. The van der Waals surface area contributed by atoms with Crippen LogP contribution >= 0.6 is 35.6 Å². The summed E-state index contributed by atoms with van der Waals surface area (Å²) in [5.74, 6) is 0.571. The van der Waals surface area contributed by atoms with E-state index in [1.807, 2.05) is 43.4 Å². The molecule has 2 N–H and O–H groups in total. The second-order valence-electron chi connectivity index (χ2n) is 7.19. The van der Waals surface area contributed by atoms with Crippen molar-refractivity contribution >= 4 is 51.6 Å². The maximum absolute atomic E-state index is 13.2. The third-order valence-corrected chi connectivity index (χ3v) is 7.49. The van der Waals surface area contributed by atoms with Gasteiger partial charge in [0.15, 0.2) is 5.96 Å². The highest BCUT2D eigenvalue weighted by Crippen LogP contribution is 2.21. The maximum Gasteiger partial charge on any atom is 0.243 e. The van der Waals surface area contributed by atoms with Crippen molar-refractivity contribution in [1.82, 2.24) is 19.8 Å². The van der Waals surface area contributed by atoms with Gasteiger partial charge in [0.25, 0.3) is 0 Å². The van der Waals surface area contributed by atoms with E-state index in [4.69, 9.17) is 11.6 Å². The highest BCUT2D eigenvalue weighted by Gasteiger charge is 2.29. The van der Waals surface area contributed by atoms with Crippen LogP contribution in [0.2, 0.25) is 5.02 Å². The van der Waals surface area contributed by atoms with Crippen LogP contribution in [0.15, 0.2) is 58.4 Å². The second-order valence-corrected chi connectivity index (χ2v) is 9.50. The van der Waals surface area contributed by atoms with Gasteiger partial charge in [-0.3, -0.25) is 4.99 Å². The highest BCUT2D eigenvalue weighted by molar-refractivity contribution is 14.0. The summed E-state index contributed by atoms with van der Waals surface area (Å²) >= 11 is 6.20. The number of hydrogen-bond acceptors (Lipinski definition) is 4. The fourth-order valence-electron chi connectivity index (χ4n) is 3.29. The Labute approximate surface area is 206 Å². The van der Waals surface area contributed by atoms with Crippen molar-refractivity contribution in [3.8, 4) is 0 Å². The van der Waals surface area contributed by atoms with E-state index in [1.165, 1.54) is 0 Å². The molecule has 0 spiro atoms. The molecule has 1 fully saturated rings. The molecule has 2 aromatic carbocycles. The average molecular weight is 578 g/mol. The van der Waals surface area contributed by atoms with Gasteiger partial charge in [-0.05, 0) is 30.3 Å². The van der Waals surface area contributed by atoms with E-state index in [9.17, 15) is 8.42 Å². The number of hydrogen-bond donors (Lipinski definition) is 2. The van der Waals surface area contributed by atoms with Crippen LogP contribution < -0.4 is 10.6 Å². The van der Waals surface area contributed by atoms with Gasteiger partial charge in [0.2, 0.25) is 10.0 Å². The molecule has 0 bridgehead atoms. The van der Waals surface area contributed by atoms with E-state index in [1.54, 1.807) is 23.5 Å². The van der Waals surface area contributed by atoms with Gasteiger partial charge in [-0.2, -0.15) is 4.31 Å². The molecule has 0 unspecified atom stereocenters. The second kappa shape index (κ2) is 12.0. The summed E-state index contributed by atoms with van der Waals surface area (Å²) in [4.78, 5) is 6.69. The van der Waals surface area contributed by atoms with Crippen LogP contribution in [0, 0.1) is 0 Å². The molecule has 1 saturated heterocycles. The molecule has 0 aliphatic carbocycles. The average Bonchev–Trinajstić information content (AvgIpc) is 2.75. The van der Waals surface area contributed by atoms with Gasteiger partial charge in [0.1, 0.15) is 0 Å². The molecule has 31 heavy (non-hydrogen) atoms. The summed E-state index contributed by atoms with van der Waals surface area (Å²) in [5.41, 5.74) is 1.66. The third kappa shape index (κ3) is 6.79. The molecule has 1 heterocycles. The normalized spacial score (nSPS) is 15.9. The molecule has 7 nitrogen and oxygen atoms in total. The number of aliphatic imine (C=N–C) groups is 1. The number of benzene rings is 2. The molecular weight excluding hydrogens is 549 g/mol. The van der Waals surface area contributed by atoms with E-state index >= 15 is 0 Å². The van der Waals surface area contributed by atoms with Crippen LogP contribution in [0.3, 0.4) is 0 Å². The van der Waals surface area contributed by atoms with Crippen LogP contribution in [-0.4, -0.2) is 63.9 Å². The number of sulfonamides is 1. The molecule has 1 aliphatic heterocycles. The van der Waals surface area contributed by atoms with Crippen LogP contribution in [0.25, 0.3) is 0 Å². The smallest absolute Gasteiger partial charge is 0.243 e. The van der Waals surface area contributed by atoms with Gasteiger partial charge in [-0.25, -0.2) is 8.42 Å². The monoisotopic (exact) mass is 577 g/mol. The Morgan fingerprint density at radius 2 is 1.52 bits per heavy atom. The van der Waals surface area contributed by atoms with E-state index in [-0.39, 0.29) is 24.0 Å². The summed E-state index contributed by atoms with van der Waals surface area (Å²) in [6, 6.07) is 14.7. The van der Waals surface area contributed by atoms with Crippen molar-refractivity contribution in [2.75, 3.05) is 40.3 Å². The molecule has 0 aromatic heterocycles. The first-order chi connectivity index (χ1) is 14.4. The Bertz CT molecular complexity index is 995. The van der Waals surface area contributed by atoms with Gasteiger partial charge in [-0.1, -0.05) is 48.0 Å². The lowest BCUT2D eigenvalue weighted by Gasteiger charge is -2.32. The van der Waals surface area contributed by atoms with Crippen molar-refractivity contribution < 1.29 is 8.42 Å². The van der Waals surface area contributed by atoms with E-state index in [2.05, 4.69) is 20.5 Å². The van der Waals surface area contributed by atoms with Gasteiger partial charge in [0, 0.05) is 51.3 Å². The lowest BCUT2D eigenvalue weighted by atomic mass is 10.2.